The molecule has 3 heteroatoms. The number of hydrogen-bond acceptors (Lipinski definition) is 2. The van der Waals surface area contributed by atoms with Gasteiger partial charge in [0, 0.05) is 5.56 Å². The molecular weight excluding hydrogens is 227 g/mol. The van der Waals surface area contributed by atoms with Crippen LogP contribution in [0.1, 0.15) is 19.4 Å². The van der Waals surface area contributed by atoms with Gasteiger partial charge in [-0.1, -0.05) is 44.2 Å². The second kappa shape index (κ2) is 6.96. The Morgan fingerprint density at radius 3 is 2.07 bits per heavy atom. The van der Waals surface area contributed by atoms with Crippen molar-refractivity contribution >= 4 is 29.4 Å². The molecule has 0 aliphatic heterocycles. The standard InChI is InChI=1S/C12H15FS2/c1-3-14-12(15-4-2)11(13)10-8-6-5-7-9-10/h5-9H,3-4H2,1-2H3. The lowest BCUT2D eigenvalue weighted by molar-refractivity contribution is 0.761. The average Bonchev–Trinajstić information content (AvgIpc) is 2.29. The van der Waals surface area contributed by atoms with Crippen LogP contribution in [-0.4, -0.2) is 11.5 Å². The van der Waals surface area contributed by atoms with Crippen molar-refractivity contribution in [3.05, 3.63) is 40.1 Å². The summed E-state index contributed by atoms with van der Waals surface area (Å²) in [5, 5.41) is 0. The smallest absolute Gasteiger partial charge is 0.150 e. The van der Waals surface area contributed by atoms with E-state index in [1.165, 1.54) is 0 Å². The van der Waals surface area contributed by atoms with E-state index in [9.17, 15) is 4.39 Å². The van der Waals surface area contributed by atoms with Gasteiger partial charge < -0.3 is 0 Å². The molecule has 0 amide bonds. The van der Waals surface area contributed by atoms with Crippen LogP contribution in [0.4, 0.5) is 4.39 Å². The summed E-state index contributed by atoms with van der Waals surface area (Å²) in [6.45, 7) is 4.08. The Morgan fingerprint density at radius 2 is 1.60 bits per heavy atom. The van der Waals surface area contributed by atoms with E-state index in [1.807, 2.05) is 44.2 Å². The maximum atomic E-state index is 14.0. The molecule has 0 fully saturated rings. The van der Waals surface area contributed by atoms with E-state index >= 15 is 0 Å². The molecule has 1 rings (SSSR count). The first-order valence-electron chi connectivity index (χ1n) is 5.00. The Bertz CT molecular complexity index is 312. The van der Waals surface area contributed by atoms with Gasteiger partial charge in [0.05, 0.1) is 4.24 Å². The van der Waals surface area contributed by atoms with E-state index in [0.29, 0.717) is 5.56 Å². The molecule has 0 aromatic heterocycles. The zero-order chi connectivity index (χ0) is 11.1. The van der Waals surface area contributed by atoms with Crippen molar-refractivity contribution in [3.8, 4) is 0 Å². The van der Waals surface area contributed by atoms with Gasteiger partial charge in [-0.2, -0.15) is 0 Å². The van der Waals surface area contributed by atoms with Crippen molar-refractivity contribution in [1.82, 2.24) is 0 Å². The van der Waals surface area contributed by atoms with E-state index in [1.54, 1.807) is 23.5 Å². The third-order valence-corrected chi connectivity index (χ3v) is 3.92. The van der Waals surface area contributed by atoms with Gasteiger partial charge >= 0.3 is 0 Å². The first-order chi connectivity index (χ1) is 7.29. The molecule has 0 heterocycles. The van der Waals surface area contributed by atoms with Crippen molar-refractivity contribution in [2.45, 2.75) is 13.8 Å². The summed E-state index contributed by atoms with van der Waals surface area (Å²) in [7, 11) is 0. The molecule has 0 N–H and O–H groups in total. The van der Waals surface area contributed by atoms with Gasteiger partial charge in [0.25, 0.3) is 0 Å². The largest absolute Gasteiger partial charge is 0.205 e. The molecule has 0 saturated heterocycles. The van der Waals surface area contributed by atoms with Crippen molar-refractivity contribution in [2.24, 2.45) is 0 Å². The van der Waals surface area contributed by atoms with Crippen LogP contribution in [0.3, 0.4) is 0 Å². The van der Waals surface area contributed by atoms with Gasteiger partial charge in [-0.3, -0.25) is 0 Å². The average molecular weight is 242 g/mol. The van der Waals surface area contributed by atoms with Crippen LogP contribution >= 0.6 is 23.5 Å². The number of halogens is 1. The first-order valence-corrected chi connectivity index (χ1v) is 6.97. The minimum Gasteiger partial charge on any atom is -0.205 e. The summed E-state index contributed by atoms with van der Waals surface area (Å²) >= 11 is 3.14. The molecular formula is C12H15FS2. The molecule has 0 bridgehead atoms. The molecule has 1 aromatic carbocycles. The zero-order valence-electron chi connectivity index (χ0n) is 9.00. The topological polar surface area (TPSA) is 0 Å². The highest BCUT2D eigenvalue weighted by Crippen LogP contribution is 2.36. The van der Waals surface area contributed by atoms with Crippen LogP contribution in [0.5, 0.6) is 0 Å². The van der Waals surface area contributed by atoms with Crippen LogP contribution in [0, 0.1) is 0 Å². The summed E-state index contributed by atoms with van der Waals surface area (Å²) in [4.78, 5) is 0. The molecule has 0 atom stereocenters. The molecule has 0 aliphatic rings. The van der Waals surface area contributed by atoms with Crippen LogP contribution in [0.15, 0.2) is 34.6 Å². The predicted octanol–water partition coefficient (Wildman–Crippen LogP) is 4.79. The van der Waals surface area contributed by atoms with Crippen LogP contribution in [0.25, 0.3) is 5.83 Å². The van der Waals surface area contributed by atoms with Gasteiger partial charge in [-0.15, -0.1) is 23.5 Å². The maximum Gasteiger partial charge on any atom is 0.150 e. The summed E-state index contributed by atoms with van der Waals surface area (Å²) < 4.78 is 14.8. The van der Waals surface area contributed by atoms with E-state index in [-0.39, 0.29) is 5.83 Å². The SMILES string of the molecule is CCSC(SCC)=C(F)c1ccccc1. The fourth-order valence-electron chi connectivity index (χ4n) is 1.13. The molecule has 0 saturated carbocycles. The lowest BCUT2D eigenvalue weighted by Gasteiger charge is -2.06. The van der Waals surface area contributed by atoms with E-state index < -0.39 is 0 Å². The number of hydrogen-bond donors (Lipinski definition) is 0. The highest BCUT2D eigenvalue weighted by molar-refractivity contribution is 8.22. The molecule has 1 aromatic rings. The number of thioether (sulfide) groups is 2. The van der Waals surface area contributed by atoms with E-state index in [0.717, 1.165) is 15.7 Å². The summed E-state index contributed by atoms with van der Waals surface area (Å²) in [5.41, 5.74) is 0.675. The van der Waals surface area contributed by atoms with Crippen LogP contribution < -0.4 is 0 Å². The van der Waals surface area contributed by atoms with Gasteiger partial charge in [0.15, 0.2) is 0 Å². The summed E-state index contributed by atoms with van der Waals surface area (Å²) in [6.07, 6.45) is 0. The molecule has 0 radical (unpaired) electrons. The van der Waals surface area contributed by atoms with Gasteiger partial charge in [0.1, 0.15) is 5.83 Å². The fourth-order valence-corrected chi connectivity index (χ4v) is 3.19. The van der Waals surface area contributed by atoms with Gasteiger partial charge in [-0.05, 0) is 11.5 Å². The van der Waals surface area contributed by atoms with Crippen LogP contribution in [-0.2, 0) is 0 Å². The minimum absolute atomic E-state index is 0.0886. The van der Waals surface area contributed by atoms with E-state index in [4.69, 9.17) is 0 Å². The molecule has 0 unspecified atom stereocenters. The highest BCUT2D eigenvalue weighted by Gasteiger charge is 2.08. The minimum atomic E-state index is -0.0886. The maximum absolute atomic E-state index is 14.0. The first kappa shape index (κ1) is 12.7. The molecule has 0 spiro atoms. The molecule has 0 aliphatic carbocycles. The summed E-state index contributed by atoms with van der Waals surface area (Å²) in [5.74, 6) is 1.72. The van der Waals surface area contributed by atoms with E-state index in [2.05, 4.69) is 0 Å². The van der Waals surface area contributed by atoms with Crippen molar-refractivity contribution in [2.75, 3.05) is 11.5 Å². The van der Waals surface area contributed by atoms with Crippen molar-refractivity contribution in [3.63, 3.8) is 0 Å². The van der Waals surface area contributed by atoms with Crippen molar-refractivity contribution < 1.29 is 4.39 Å². The predicted molar refractivity (Wildman–Crippen MR) is 70.7 cm³/mol. The lowest BCUT2D eigenvalue weighted by Crippen LogP contribution is -1.82. The third kappa shape index (κ3) is 3.92. The Morgan fingerprint density at radius 1 is 1.07 bits per heavy atom. The fraction of sp³-hybridized carbons (Fsp3) is 0.333. The second-order valence-corrected chi connectivity index (χ2v) is 5.64. The number of rotatable bonds is 5. The highest BCUT2D eigenvalue weighted by atomic mass is 32.2. The van der Waals surface area contributed by atoms with Crippen LogP contribution in [0.2, 0.25) is 0 Å². The molecule has 0 nitrogen and oxygen atoms in total. The molecule has 82 valence electrons. The number of benzene rings is 1. The normalized spacial score (nSPS) is 10.1. The zero-order valence-corrected chi connectivity index (χ0v) is 10.6. The Hall–Kier alpha value is -0.410. The monoisotopic (exact) mass is 242 g/mol. The lowest BCUT2D eigenvalue weighted by atomic mass is 10.2. The van der Waals surface area contributed by atoms with Gasteiger partial charge in [-0.25, -0.2) is 4.39 Å². The molecule has 15 heavy (non-hydrogen) atoms. The Balaban J connectivity index is 2.93. The Kier molecular flexibility index (Phi) is 5.88. The quantitative estimate of drug-likeness (QED) is 0.728. The van der Waals surface area contributed by atoms with Gasteiger partial charge in [0.2, 0.25) is 0 Å². The summed E-state index contributed by atoms with van der Waals surface area (Å²) in [6, 6.07) is 9.24. The third-order valence-electron chi connectivity index (χ3n) is 1.76. The Labute approximate surface area is 99.3 Å². The van der Waals surface area contributed by atoms with Crippen molar-refractivity contribution in [1.29, 1.82) is 0 Å². The second-order valence-electron chi connectivity index (χ2n) is 2.83.